The molecule has 0 N–H and O–H groups in total. The van der Waals surface area contributed by atoms with Crippen LogP contribution in [0.15, 0.2) is 18.2 Å². The van der Waals surface area contributed by atoms with Gasteiger partial charge in [-0.3, -0.25) is 14.9 Å². The lowest BCUT2D eigenvalue weighted by molar-refractivity contribution is -0.384. The molecule has 1 atom stereocenters. The Balaban J connectivity index is 2.31. The minimum atomic E-state index is -0.551. The Kier molecular flexibility index (Phi) is 5.42. The lowest BCUT2D eigenvalue weighted by Gasteiger charge is -2.28. The van der Waals surface area contributed by atoms with Crippen molar-refractivity contribution in [2.45, 2.75) is 31.7 Å². The van der Waals surface area contributed by atoms with E-state index in [2.05, 4.69) is 0 Å². The van der Waals surface area contributed by atoms with Crippen LogP contribution in [0.25, 0.3) is 0 Å². The molecule has 1 amide bonds. The summed E-state index contributed by atoms with van der Waals surface area (Å²) in [7, 11) is 0. The maximum Gasteiger partial charge on any atom is 0.271 e. The van der Waals surface area contributed by atoms with E-state index < -0.39 is 4.92 Å². The number of hydrogen-bond acceptors (Lipinski definition) is 3. The van der Waals surface area contributed by atoms with Gasteiger partial charge in [0, 0.05) is 41.2 Å². The summed E-state index contributed by atoms with van der Waals surface area (Å²) in [5, 5.41) is 11.1. The van der Waals surface area contributed by atoms with Gasteiger partial charge in [0.2, 0.25) is 0 Å². The van der Waals surface area contributed by atoms with Crippen molar-refractivity contribution in [2.24, 2.45) is 0 Å². The largest absolute Gasteiger partial charge is 0.334 e. The van der Waals surface area contributed by atoms with E-state index in [4.69, 9.17) is 23.2 Å². The Bertz CT molecular complexity index is 551. The van der Waals surface area contributed by atoms with Gasteiger partial charge in [0.1, 0.15) is 0 Å². The normalized spacial score (nSPS) is 19.1. The number of alkyl halides is 1. The molecule has 0 saturated carbocycles. The number of halogens is 2. The lowest BCUT2D eigenvalue weighted by atomic mass is 10.1. The average molecular weight is 331 g/mol. The summed E-state index contributed by atoms with van der Waals surface area (Å²) in [6.45, 7) is 0.622. The van der Waals surface area contributed by atoms with Gasteiger partial charge in [-0.25, -0.2) is 0 Å². The molecule has 1 fully saturated rings. The van der Waals surface area contributed by atoms with Crippen molar-refractivity contribution in [3.05, 3.63) is 38.9 Å². The molecule has 2 rings (SSSR count). The summed E-state index contributed by atoms with van der Waals surface area (Å²) in [6, 6.07) is 3.94. The second-order valence-corrected chi connectivity index (χ2v) is 5.86. The molecule has 1 unspecified atom stereocenters. The molecular weight excluding hydrogens is 315 g/mol. The van der Waals surface area contributed by atoms with Crippen molar-refractivity contribution < 1.29 is 9.72 Å². The summed E-state index contributed by atoms with van der Waals surface area (Å²) in [5.74, 6) is 0.127. The number of carbonyl (C=O) groups is 1. The lowest BCUT2D eigenvalue weighted by Crippen LogP contribution is -2.41. The van der Waals surface area contributed by atoms with Gasteiger partial charge in [0.25, 0.3) is 11.6 Å². The zero-order valence-electron chi connectivity index (χ0n) is 11.4. The Labute approximate surface area is 133 Å². The Morgan fingerprint density at radius 1 is 1.33 bits per heavy atom. The number of rotatable bonds is 3. The molecule has 1 saturated heterocycles. The number of amides is 1. The molecule has 0 aromatic heterocycles. The second-order valence-electron chi connectivity index (χ2n) is 5.11. The minimum absolute atomic E-state index is 0.0281. The fraction of sp³-hybridized carbons (Fsp3) is 0.500. The van der Waals surface area contributed by atoms with E-state index in [-0.39, 0.29) is 28.2 Å². The van der Waals surface area contributed by atoms with Crippen LogP contribution in [0.2, 0.25) is 5.02 Å². The highest BCUT2D eigenvalue weighted by Gasteiger charge is 2.26. The van der Waals surface area contributed by atoms with Gasteiger partial charge in [0.15, 0.2) is 0 Å². The fourth-order valence-electron chi connectivity index (χ4n) is 2.57. The predicted octanol–water partition coefficient (Wildman–Crippen LogP) is 3.87. The van der Waals surface area contributed by atoms with E-state index in [1.54, 1.807) is 4.90 Å². The molecule has 1 aliphatic rings. The molecular formula is C14H16Cl2N2O3. The summed E-state index contributed by atoms with van der Waals surface area (Å²) < 4.78 is 0. The average Bonchev–Trinajstić information content (AvgIpc) is 2.70. The number of nitro groups is 1. The smallest absolute Gasteiger partial charge is 0.271 e. The molecule has 0 aliphatic carbocycles. The van der Waals surface area contributed by atoms with Crippen LogP contribution in [0.4, 0.5) is 5.69 Å². The van der Waals surface area contributed by atoms with Crippen LogP contribution < -0.4 is 0 Å². The van der Waals surface area contributed by atoms with Crippen molar-refractivity contribution in [1.82, 2.24) is 4.90 Å². The summed E-state index contributed by atoms with van der Waals surface area (Å²) in [4.78, 5) is 24.7. The molecule has 7 heteroatoms. The van der Waals surface area contributed by atoms with E-state index in [1.165, 1.54) is 18.2 Å². The van der Waals surface area contributed by atoms with Crippen LogP contribution >= 0.6 is 23.2 Å². The second kappa shape index (κ2) is 7.09. The van der Waals surface area contributed by atoms with E-state index in [1.807, 2.05) is 0 Å². The first-order chi connectivity index (χ1) is 10.0. The fourth-order valence-corrected chi connectivity index (χ4v) is 3.12. The first kappa shape index (κ1) is 16.0. The number of benzene rings is 1. The quantitative estimate of drug-likeness (QED) is 0.480. The molecule has 114 valence electrons. The zero-order valence-corrected chi connectivity index (χ0v) is 12.9. The first-order valence-electron chi connectivity index (χ1n) is 6.85. The van der Waals surface area contributed by atoms with Gasteiger partial charge >= 0.3 is 0 Å². The van der Waals surface area contributed by atoms with Gasteiger partial charge in [-0.1, -0.05) is 24.4 Å². The van der Waals surface area contributed by atoms with Gasteiger partial charge in [-0.2, -0.15) is 0 Å². The van der Waals surface area contributed by atoms with Crippen LogP contribution in [-0.2, 0) is 0 Å². The summed E-state index contributed by atoms with van der Waals surface area (Å²) in [5.41, 5.74) is 0.0642. The molecule has 0 spiro atoms. The summed E-state index contributed by atoms with van der Waals surface area (Å²) in [6.07, 6.45) is 3.88. The molecule has 0 radical (unpaired) electrons. The zero-order chi connectivity index (χ0) is 15.4. The number of carbonyl (C=O) groups excluding carboxylic acids is 1. The highest BCUT2D eigenvalue weighted by Crippen LogP contribution is 2.25. The number of nitro benzene ring substituents is 1. The van der Waals surface area contributed by atoms with Crippen molar-refractivity contribution in [2.75, 3.05) is 12.4 Å². The van der Waals surface area contributed by atoms with Crippen molar-refractivity contribution >= 4 is 34.8 Å². The van der Waals surface area contributed by atoms with E-state index >= 15 is 0 Å². The number of hydrogen-bond donors (Lipinski definition) is 0. The molecule has 5 nitrogen and oxygen atoms in total. The van der Waals surface area contributed by atoms with Crippen LogP contribution in [0.5, 0.6) is 0 Å². The highest BCUT2D eigenvalue weighted by molar-refractivity contribution is 6.31. The molecule has 21 heavy (non-hydrogen) atoms. The molecule has 1 aromatic rings. The minimum Gasteiger partial charge on any atom is -0.334 e. The highest BCUT2D eigenvalue weighted by atomic mass is 35.5. The van der Waals surface area contributed by atoms with Crippen molar-refractivity contribution in [3.8, 4) is 0 Å². The SMILES string of the molecule is O=C(c1cc(Cl)cc([N+](=O)[O-])c1)N1CCCCCC1CCl. The molecule has 1 aliphatic heterocycles. The summed E-state index contributed by atoms with van der Waals surface area (Å²) >= 11 is 11.8. The van der Waals surface area contributed by atoms with Crippen LogP contribution in [0.1, 0.15) is 36.0 Å². The van der Waals surface area contributed by atoms with Gasteiger partial charge in [0.05, 0.1) is 4.92 Å². The Hall–Kier alpha value is -1.33. The third-order valence-electron chi connectivity index (χ3n) is 3.66. The maximum absolute atomic E-state index is 12.6. The van der Waals surface area contributed by atoms with Gasteiger partial charge in [-0.05, 0) is 18.9 Å². The van der Waals surface area contributed by atoms with E-state index in [0.29, 0.717) is 12.4 Å². The first-order valence-corrected chi connectivity index (χ1v) is 7.76. The van der Waals surface area contributed by atoms with Crippen molar-refractivity contribution in [3.63, 3.8) is 0 Å². The molecule has 1 aromatic carbocycles. The number of non-ortho nitro benzene ring substituents is 1. The van der Waals surface area contributed by atoms with Crippen LogP contribution in [0.3, 0.4) is 0 Å². The third kappa shape index (κ3) is 3.86. The van der Waals surface area contributed by atoms with E-state index in [9.17, 15) is 14.9 Å². The topological polar surface area (TPSA) is 63.4 Å². The van der Waals surface area contributed by atoms with Gasteiger partial charge in [-0.15, -0.1) is 11.6 Å². The molecule has 1 heterocycles. The third-order valence-corrected chi connectivity index (χ3v) is 4.23. The monoisotopic (exact) mass is 330 g/mol. The Morgan fingerprint density at radius 2 is 2.10 bits per heavy atom. The van der Waals surface area contributed by atoms with E-state index in [0.717, 1.165) is 25.7 Å². The predicted molar refractivity (Wildman–Crippen MR) is 82.1 cm³/mol. The van der Waals surface area contributed by atoms with Gasteiger partial charge < -0.3 is 4.90 Å². The Morgan fingerprint density at radius 3 is 2.76 bits per heavy atom. The van der Waals surface area contributed by atoms with Crippen molar-refractivity contribution in [1.29, 1.82) is 0 Å². The molecule has 0 bridgehead atoms. The number of likely N-dealkylation sites (tertiary alicyclic amines) is 1. The standard InChI is InChI=1S/C14H16Cl2N2O3/c15-9-12-4-2-1-3-5-17(12)14(19)10-6-11(16)8-13(7-10)18(20)21/h6-8,12H,1-5,9H2. The van der Waals surface area contributed by atoms with Crippen LogP contribution in [-0.4, -0.2) is 34.2 Å². The number of nitrogens with zero attached hydrogens (tertiary/aromatic N) is 2. The maximum atomic E-state index is 12.6. The van der Waals surface area contributed by atoms with Crippen LogP contribution in [0, 0.1) is 10.1 Å².